The molecule has 0 bridgehead atoms. The minimum atomic E-state index is 0.363. The normalized spacial score (nSPS) is 12.1. The third-order valence-corrected chi connectivity index (χ3v) is 4.40. The molecule has 4 heteroatoms. The van der Waals surface area contributed by atoms with Gasteiger partial charge in [0, 0.05) is 19.3 Å². The fraction of sp³-hybridized carbons (Fsp3) is 0.318. The molecule has 26 heavy (non-hydrogen) atoms. The van der Waals surface area contributed by atoms with Crippen molar-refractivity contribution >= 4 is 0 Å². The van der Waals surface area contributed by atoms with Crippen LogP contribution in [0.5, 0.6) is 11.5 Å². The Labute approximate surface area is 155 Å². The number of aryl methyl sites for hydroxylation is 1. The Bertz CT molecular complexity index is 781. The topological polar surface area (TPSA) is 39.1 Å². The molecular formula is C22H27N3O. The van der Waals surface area contributed by atoms with E-state index in [4.69, 9.17) is 4.74 Å². The van der Waals surface area contributed by atoms with Crippen molar-refractivity contribution in [3.8, 4) is 11.5 Å². The summed E-state index contributed by atoms with van der Waals surface area (Å²) in [5, 5.41) is 7.91. The SMILES string of the molecule is CCCC(NCCc1cnn(C)c1)c1ccc(Oc2ccccc2)cc1. The van der Waals surface area contributed by atoms with Crippen LogP contribution in [0.25, 0.3) is 0 Å². The zero-order valence-electron chi connectivity index (χ0n) is 15.6. The van der Waals surface area contributed by atoms with Crippen LogP contribution in [0, 0.1) is 0 Å². The molecule has 3 aromatic rings. The molecular weight excluding hydrogens is 322 g/mol. The smallest absolute Gasteiger partial charge is 0.127 e. The van der Waals surface area contributed by atoms with Gasteiger partial charge >= 0.3 is 0 Å². The predicted molar refractivity (Wildman–Crippen MR) is 106 cm³/mol. The minimum absolute atomic E-state index is 0.363. The number of nitrogens with one attached hydrogen (secondary N) is 1. The van der Waals surface area contributed by atoms with Crippen LogP contribution in [0.4, 0.5) is 0 Å². The van der Waals surface area contributed by atoms with Crippen molar-refractivity contribution in [3.63, 3.8) is 0 Å². The summed E-state index contributed by atoms with van der Waals surface area (Å²) >= 11 is 0. The van der Waals surface area contributed by atoms with E-state index in [1.54, 1.807) is 0 Å². The lowest BCUT2D eigenvalue weighted by atomic mass is 10.0. The molecule has 0 saturated carbocycles. The first kappa shape index (κ1) is 18.2. The average molecular weight is 349 g/mol. The standard InChI is InChI=1S/C22H27N3O/c1-3-7-22(23-15-14-18-16-24-25(2)17-18)19-10-12-21(13-11-19)26-20-8-5-4-6-9-20/h4-6,8-13,16-17,22-23H,3,7,14-15H2,1-2H3. The maximum atomic E-state index is 5.88. The van der Waals surface area contributed by atoms with Gasteiger partial charge in [0.1, 0.15) is 11.5 Å². The van der Waals surface area contributed by atoms with E-state index in [0.29, 0.717) is 6.04 Å². The van der Waals surface area contributed by atoms with E-state index in [1.165, 1.54) is 11.1 Å². The van der Waals surface area contributed by atoms with E-state index < -0.39 is 0 Å². The second-order valence-electron chi connectivity index (χ2n) is 6.55. The third-order valence-electron chi connectivity index (χ3n) is 4.40. The number of rotatable bonds is 9. The van der Waals surface area contributed by atoms with Crippen LogP contribution >= 0.6 is 0 Å². The number of aromatic nitrogens is 2. The molecule has 1 N–H and O–H groups in total. The van der Waals surface area contributed by atoms with Gasteiger partial charge in [-0.05, 0) is 54.8 Å². The molecule has 136 valence electrons. The second kappa shape index (κ2) is 9.20. The van der Waals surface area contributed by atoms with Crippen LogP contribution in [0.15, 0.2) is 67.0 Å². The molecule has 1 unspecified atom stereocenters. The van der Waals surface area contributed by atoms with E-state index in [0.717, 1.165) is 37.3 Å². The highest BCUT2D eigenvalue weighted by molar-refractivity contribution is 5.34. The van der Waals surface area contributed by atoms with Gasteiger partial charge < -0.3 is 10.1 Å². The van der Waals surface area contributed by atoms with Gasteiger partial charge in [-0.2, -0.15) is 5.10 Å². The lowest BCUT2D eigenvalue weighted by Crippen LogP contribution is -2.23. The molecule has 0 fully saturated rings. The van der Waals surface area contributed by atoms with Gasteiger partial charge in [-0.25, -0.2) is 0 Å². The molecule has 1 aromatic heterocycles. The van der Waals surface area contributed by atoms with Crippen LogP contribution in [-0.2, 0) is 13.5 Å². The first-order valence-electron chi connectivity index (χ1n) is 9.28. The highest BCUT2D eigenvalue weighted by atomic mass is 16.5. The van der Waals surface area contributed by atoms with Gasteiger partial charge in [0.2, 0.25) is 0 Å². The number of ether oxygens (including phenoxy) is 1. The lowest BCUT2D eigenvalue weighted by Gasteiger charge is -2.19. The van der Waals surface area contributed by atoms with Gasteiger partial charge in [-0.15, -0.1) is 0 Å². The number of para-hydroxylation sites is 1. The van der Waals surface area contributed by atoms with Crippen LogP contribution in [0.2, 0.25) is 0 Å². The van der Waals surface area contributed by atoms with Gasteiger partial charge in [0.25, 0.3) is 0 Å². The van der Waals surface area contributed by atoms with E-state index in [1.807, 2.05) is 60.4 Å². The maximum Gasteiger partial charge on any atom is 0.127 e. The summed E-state index contributed by atoms with van der Waals surface area (Å²) in [6.45, 7) is 3.17. The van der Waals surface area contributed by atoms with Crippen molar-refractivity contribution in [1.29, 1.82) is 0 Å². The van der Waals surface area contributed by atoms with Crippen molar-refractivity contribution in [2.75, 3.05) is 6.54 Å². The molecule has 3 rings (SSSR count). The Hall–Kier alpha value is -2.59. The molecule has 0 spiro atoms. The lowest BCUT2D eigenvalue weighted by molar-refractivity contribution is 0.478. The van der Waals surface area contributed by atoms with E-state index in [2.05, 4.69) is 35.7 Å². The van der Waals surface area contributed by atoms with Crippen LogP contribution < -0.4 is 10.1 Å². The summed E-state index contributed by atoms with van der Waals surface area (Å²) in [7, 11) is 1.95. The molecule has 1 heterocycles. The van der Waals surface area contributed by atoms with Crippen molar-refractivity contribution in [2.24, 2.45) is 7.05 Å². The summed E-state index contributed by atoms with van der Waals surface area (Å²) in [6.07, 6.45) is 7.26. The third kappa shape index (κ3) is 5.20. The maximum absolute atomic E-state index is 5.88. The van der Waals surface area contributed by atoms with Crippen molar-refractivity contribution in [2.45, 2.75) is 32.2 Å². The zero-order valence-corrected chi connectivity index (χ0v) is 15.6. The average Bonchev–Trinajstić information content (AvgIpc) is 3.08. The van der Waals surface area contributed by atoms with Crippen molar-refractivity contribution in [3.05, 3.63) is 78.1 Å². The number of benzene rings is 2. The molecule has 0 amide bonds. The zero-order chi connectivity index (χ0) is 18.2. The van der Waals surface area contributed by atoms with E-state index >= 15 is 0 Å². The second-order valence-corrected chi connectivity index (χ2v) is 6.55. The predicted octanol–water partition coefficient (Wildman–Crippen LogP) is 4.89. The fourth-order valence-electron chi connectivity index (χ4n) is 3.06. The molecule has 0 aliphatic heterocycles. The quantitative estimate of drug-likeness (QED) is 0.598. The molecule has 1 atom stereocenters. The Morgan fingerprint density at radius 2 is 1.77 bits per heavy atom. The first-order valence-corrected chi connectivity index (χ1v) is 9.28. The molecule has 0 radical (unpaired) electrons. The van der Waals surface area contributed by atoms with Gasteiger partial charge in [-0.1, -0.05) is 43.7 Å². The summed E-state index contributed by atoms with van der Waals surface area (Å²) < 4.78 is 7.74. The van der Waals surface area contributed by atoms with Crippen molar-refractivity contribution in [1.82, 2.24) is 15.1 Å². The molecule has 0 aliphatic rings. The highest BCUT2D eigenvalue weighted by Gasteiger charge is 2.10. The van der Waals surface area contributed by atoms with Crippen molar-refractivity contribution < 1.29 is 4.74 Å². The fourth-order valence-corrected chi connectivity index (χ4v) is 3.06. The van der Waals surface area contributed by atoms with E-state index in [9.17, 15) is 0 Å². The van der Waals surface area contributed by atoms with E-state index in [-0.39, 0.29) is 0 Å². The van der Waals surface area contributed by atoms with Crippen LogP contribution in [0.3, 0.4) is 0 Å². The summed E-state index contributed by atoms with van der Waals surface area (Å²) in [5.74, 6) is 1.73. The first-order chi connectivity index (χ1) is 12.7. The molecule has 4 nitrogen and oxygen atoms in total. The Morgan fingerprint density at radius 1 is 1.04 bits per heavy atom. The molecule has 2 aromatic carbocycles. The summed E-state index contributed by atoms with van der Waals surface area (Å²) in [4.78, 5) is 0. The van der Waals surface area contributed by atoms with Gasteiger partial charge in [0.15, 0.2) is 0 Å². The summed E-state index contributed by atoms with van der Waals surface area (Å²) in [5.41, 5.74) is 2.57. The van der Waals surface area contributed by atoms with Crippen LogP contribution in [0.1, 0.15) is 36.9 Å². The Balaban J connectivity index is 1.58. The number of hydrogen-bond acceptors (Lipinski definition) is 3. The summed E-state index contributed by atoms with van der Waals surface area (Å²) in [6, 6.07) is 18.7. The largest absolute Gasteiger partial charge is 0.457 e. The molecule has 0 saturated heterocycles. The monoisotopic (exact) mass is 349 g/mol. The Morgan fingerprint density at radius 3 is 2.42 bits per heavy atom. The number of hydrogen-bond donors (Lipinski definition) is 1. The van der Waals surface area contributed by atoms with Gasteiger partial charge in [-0.3, -0.25) is 4.68 Å². The number of nitrogens with zero attached hydrogens (tertiary/aromatic N) is 2. The highest BCUT2D eigenvalue weighted by Crippen LogP contribution is 2.25. The molecule has 0 aliphatic carbocycles. The Kier molecular flexibility index (Phi) is 6.45. The van der Waals surface area contributed by atoms with Crippen LogP contribution in [-0.4, -0.2) is 16.3 Å². The van der Waals surface area contributed by atoms with Gasteiger partial charge in [0.05, 0.1) is 6.20 Å². The minimum Gasteiger partial charge on any atom is -0.457 e.